The van der Waals surface area contributed by atoms with Gasteiger partial charge in [-0.25, -0.2) is 4.79 Å². The Kier molecular flexibility index (Phi) is 8.73. The first kappa shape index (κ1) is 28.7. The number of amides is 1. The highest BCUT2D eigenvalue weighted by Gasteiger charge is 2.54. The number of para-hydroxylation sites is 1. The minimum atomic E-state index is -5.10. The highest BCUT2D eigenvalue weighted by Crippen LogP contribution is 2.47. The zero-order valence-electron chi connectivity index (χ0n) is 22.5. The largest absolute Gasteiger partial charge is 0.497 e. The molecule has 10 heteroatoms. The van der Waals surface area contributed by atoms with Gasteiger partial charge in [-0.1, -0.05) is 38.1 Å². The van der Waals surface area contributed by atoms with Crippen LogP contribution in [0.1, 0.15) is 49.0 Å². The number of ether oxygens (including phenoxy) is 3. The number of esters is 1. The third kappa shape index (κ3) is 6.66. The van der Waals surface area contributed by atoms with Crippen LogP contribution in [0.15, 0.2) is 48.5 Å². The van der Waals surface area contributed by atoms with Gasteiger partial charge in [-0.05, 0) is 49.4 Å². The number of carbonyl (C=O) groups is 2. The molecular formula is C29H35F3N2O5. The Labute approximate surface area is 226 Å². The quantitative estimate of drug-likeness (QED) is 0.418. The molecule has 2 saturated heterocycles. The Balaban J connectivity index is 1.52. The van der Waals surface area contributed by atoms with Crippen molar-refractivity contribution in [3.63, 3.8) is 0 Å². The summed E-state index contributed by atoms with van der Waals surface area (Å²) in [6.07, 6.45) is -4.78. The molecule has 7 nitrogen and oxygen atoms in total. The van der Waals surface area contributed by atoms with Crippen LogP contribution in [0.2, 0.25) is 0 Å². The number of benzene rings is 2. The molecule has 2 heterocycles. The maximum atomic E-state index is 13.3. The number of hydrogen-bond acceptors (Lipinski definition) is 6. The van der Waals surface area contributed by atoms with Crippen LogP contribution in [0.25, 0.3) is 0 Å². The molecule has 0 bridgehead atoms. The van der Waals surface area contributed by atoms with Crippen molar-refractivity contribution in [2.24, 2.45) is 11.3 Å². The predicted molar refractivity (Wildman–Crippen MR) is 138 cm³/mol. The van der Waals surface area contributed by atoms with Crippen LogP contribution < -0.4 is 9.47 Å². The van der Waals surface area contributed by atoms with E-state index in [9.17, 15) is 22.8 Å². The number of halogens is 3. The Bertz CT molecular complexity index is 1160. The summed E-state index contributed by atoms with van der Waals surface area (Å²) in [6.45, 7) is 5.99. The van der Waals surface area contributed by atoms with E-state index in [2.05, 4.69) is 0 Å². The molecule has 0 saturated carbocycles. The molecule has 1 amide bonds. The summed E-state index contributed by atoms with van der Waals surface area (Å²) >= 11 is 0. The van der Waals surface area contributed by atoms with Gasteiger partial charge < -0.3 is 19.1 Å². The van der Waals surface area contributed by atoms with Crippen molar-refractivity contribution in [1.82, 2.24) is 9.80 Å². The fourth-order valence-corrected chi connectivity index (χ4v) is 5.37. The standard InChI is InChI=1S/C29H35F3N2O5/c1-20(2)19-38-24-10-5-4-7-22(24)18-34-16-13-28(26(34)39-27(36)29(30,31)32)11-14-33(15-12-28)25(35)21-8-6-9-23(17-21)37-3/h4-10,17,20,26H,11-16,18-19H2,1-3H3. The zero-order valence-corrected chi connectivity index (χ0v) is 22.5. The smallest absolute Gasteiger partial charge is 0.490 e. The highest BCUT2D eigenvalue weighted by atomic mass is 19.4. The van der Waals surface area contributed by atoms with E-state index in [1.807, 2.05) is 38.1 Å². The first-order valence-corrected chi connectivity index (χ1v) is 13.2. The van der Waals surface area contributed by atoms with Crippen LogP contribution in [-0.2, 0) is 16.1 Å². The molecule has 1 spiro atoms. The molecule has 4 rings (SSSR count). The molecule has 1 unspecified atom stereocenters. The molecule has 1 atom stereocenters. The van der Waals surface area contributed by atoms with E-state index in [1.54, 1.807) is 34.1 Å². The number of likely N-dealkylation sites (tertiary alicyclic amines) is 2. The van der Waals surface area contributed by atoms with E-state index in [1.165, 1.54) is 7.11 Å². The van der Waals surface area contributed by atoms with Crippen molar-refractivity contribution in [3.05, 3.63) is 59.7 Å². The van der Waals surface area contributed by atoms with Crippen LogP contribution in [0.4, 0.5) is 13.2 Å². The van der Waals surface area contributed by atoms with Gasteiger partial charge >= 0.3 is 12.1 Å². The normalized spacial score (nSPS) is 19.4. The van der Waals surface area contributed by atoms with Gasteiger partial charge in [-0.15, -0.1) is 0 Å². The van der Waals surface area contributed by atoms with E-state index in [0.29, 0.717) is 68.5 Å². The molecule has 2 aromatic carbocycles. The minimum absolute atomic E-state index is 0.168. The molecule has 0 N–H and O–H groups in total. The Morgan fingerprint density at radius 1 is 1.03 bits per heavy atom. The van der Waals surface area contributed by atoms with Gasteiger partial charge in [0.15, 0.2) is 6.23 Å². The molecule has 2 aromatic rings. The zero-order chi connectivity index (χ0) is 28.2. The van der Waals surface area contributed by atoms with Gasteiger partial charge in [-0.2, -0.15) is 13.2 Å². The van der Waals surface area contributed by atoms with E-state index < -0.39 is 23.8 Å². The third-order valence-corrected chi connectivity index (χ3v) is 7.48. The number of piperidine rings is 1. The Morgan fingerprint density at radius 3 is 2.38 bits per heavy atom. The second kappa shape index (κ2) is 11.9. The first-order valence-electron chi connectivity index (χ1n) is 13.2. The number of alkyl halides is 3. The lowest BCUT2D eigenvalue weighted by Crippen LogP contribution is -2.51. The molecule has 39 heavy (non-hydrogen) atoms. The fraction of sp³-hybridized carbons (Fsp3) is 0.517. The van der Waals surface area contributed by atoms with Gasteiger partial charge in [0.2, 0.25) is 0 Å². The summed E-state index contributed by atoms with van der Waals surface area (Å²) in [5.41, 5.74) is 0.602. The molecule has 2 aliphatic rings. The average Bonchev–Trinajstić information content (AvgIpc) is 3.23. The van der Waals surface area contributed by atoms with Crippen LogP contribution >= 0.6 is 0 Å². The van der Waals surface area contributed by atoms with Gasteiger partial charge in [-0.3, -0.25) is 9.69 Å². The van der Waals surface area contributed by atoms with Crippen molar-refractivity contribution in [1.29, 1.82) is 0 Å². The summed E-state index contributed by atoms with van der Waals surface area (Å²) in [5, 5.41) is 0. The van der Waals surface area contributed by atoms with Gasteiger partial charge in [0.1, 0.15) is 11.5 Å². The average molecular weight is 549 g/mol. The summed E-state index contributed by atoms with van der Waals surface area (Å²) < 4.78 is 56.2. The van der Waals surface area contributed by atoms with Gasteiger partial charge in [0, 0.05) is 42.7 Å². The first-order chi connectivity index (χ1) is 18.5. The fourth-order valence-electron chi connectivity index (χ4n) is 5.37. The van der Waals surface area contributed by atoms with E-state index in [4.69, 9.17) is 14.2 Å². The Hall–Kier alpha value is -3.27. The predicted octanol–water partition coefficient (Wildman–Crippen LogP) is 5.29. The maximum Gasteiger partial charge on any atom is 0.490 e. The summed E-state index contributed by atoms with van der Waals surface area (Å²) in [7, 11) is 1.53. The van der Waals surface area contributed by atoms with Gasteiger partial charge in [0.25, 0.3) is 5.91 Å². The second-order valence-corrected chi connectivity index (χ2v) is 10.7. The topological polar surface area (TPSA) is 68.3 Å². The number of nitrogens with zero attached hydrogens (tertiary/aromatic N) is 2. The lowest BCUT2D eigenvalue weighted by molar-refractivity contribution is -0.220. The number of methoxy groups -OCH3 is 1. The Morgan fingerprint density at radius 2 is 1.72 bits per heavy atom. The van der Waals surface area contributed by atoms with Crippen molar-refractivity contribution in [2.45, 2.75) is 52.1 Å². The monoisotopic (exact) mass is 548 g/mol. The number of hydrogen-bond donors (Lipinski definition) is 0. The molecule has 0 aliphatic carbocycles. The highest BCUT2D eigenvalue weighted by molar-refractivity contribution is 5.94. The van der Waals surface area contributed by atoms with Crippen LogP contribution in [0.3, 0.4) is 0 Å². The van der Waals surface area contributed by atoms with Crippen LogP contribution in [0.5, 0.6) is 11.5 Å². The van der Waals surface area contributed by atoms with Crippen molar-refractivity contribution in [3.8, 4) is 11.5 Å². The third-order valence-electron chi connectivity index (χ3n) is 7.48. The molecule has 0 radical (unpaired) electrons. The van der Waals surface area contributed by atoms with E-state index in [0.717, 1.165) is 5.56 Å². The lowest BCUT2D eigenvalue weighted by Gasteiger charge is -2.43. The second-order valence-electron chi connectivity index (χ2n) is 10.7. The van der Waals surface area contributed by atoms with Crippen LogP contribution in [-0.4, -0.2) is 67.4 Å². The lowest BCUT2D eigenvalue weighted by atomic mass is 9.76. The molecule has 212 valence electrons. The van der Waals surface area contributed by atoms with E-state index >= 15 is 0 Å². The minimum Gasteiger partial charge on any atom is -0.497 e. The van der Waals surface area contributed by atoms with Crippen LogP contribution in [0, 0.1) is 11.3 Å². The molecule has 2 fully saturated rings. The summed E-state index contributed by atoms with van der Waals surface area (Å²) in [4.78, 5) is 28.6. The molecule has 0 aromatic heterocycles. The van der Waals surface area contributed by atoms with Gasteiger partial charge in [0.05, 0.1) is 13.7 Å². The molecular weight excluding hydrogens is 513 g/mol. The van der Waals surface area contributed by atoms with Crippen molar-refractivity contribution < 1.29 is 37.0 Å². The summed E-state index contributed by atoms with van der Waals surface area (Å²) in [5.74, 6) is -0.834. The van der Waals surface area contributed by atoms with Crippen molar-refractivity contribution in [2.75, 3.05) is 33.4 Å². The number of carbonyl (C=O) groups excluding carboxylic acids is 2. The van der Waals surface area contributed by atoms with Crippen molar-refractivity contribution >= 4 is 11.9 Å². The number of rotatable bonds is 8. The maximum absolute atomic E-state index is 13.3. The summed E-state index contributed by atoms with van der Waals surface area (Å²) in [6, 6.07) is 14.3. The van der Waals surface area contributed by atoms with E-state index in [-0.39, 0.29) is 12.5 Å². The SMILES string of the molecule is COc1cccc(C(=O)N2CCC3(CC2)CCN(Cc2ccccc2OCC(C)C)C3OC(=O)C(F)(F)F)c1. The molecule has 2 aliphatic heterocycles.